The van der Waals surface area contributed by atoms with Crippen LogP contribution in [-0.4, -0.2) is 48.8 Å². The molecule has 1 N–H and O–H groups in total. The van der Waals surface area contributed by atoms with Crippen LogP contribution < -0.4 is 19.5 Å². The fourth-order valence-electron chi connectivity index (χ4n) is 3.68. The Labute approximate surface area is 235 Å². The summed E-state index contributed by atoms with van der Waals surface area (Å²) in [6, 6.07) is 17.6. The van der Waals surface area contributed by atoms with Gasteiger partial charge >= 0.3 is 0 Å². The van der Waals surface area contributed by atoms with E-state index in [0.29, 0.717) is 33.5 Å². The van der Waals surface area contributed by atoms with Crippen molar-refractivity contribution in [3.8, 4) is 17.2 Å². The van der Waals surface area contributed by atoms with Crippen LogP contribution in [0.15, 0.2) is 65.6 Å². The topological polar surface area (TPSA) is 94.2 Å². The molecule has 3 amide bonds. The van der Waals surface area contributed by atoms with Crippen molar-refractivity contribution in [3.63, 3.8) is 0 Å². The molecule has 39 heavy (non-hydrogen) atoms. The highest BCUT2D eigenvalue weighted by molar-refractivity contribution is 8.18. The number of hydrogen-bond acceptors (Lipinski definition) is 7. The van der Waals surface area contributed by atoms with Gasteiger partial charge in [0, 0.05) is 10.7 Å². The van der Waals surface area contributed by atoms with E-state index < -0.39 is 5.91 Å². The Balaban J connectivity index is 1.35. The monoisotopic (exact) mass is 566 g/mol. The molecule has 202 valence electrons. The van der Waals surface area contributed by atoms with Gasteiger partial charge in [-0.3, -0.25) is 19.3 Å². The summed E-state index contributed by atoms with van der Waals surface area (Å²) in [5, 5.41) is 3.03. The van der Waals surface area contributed by atoms with Gasteiger partial charge in [-0.25, -0.2) is 0 Å². The number of nitrogens with one attached hydrogen (secondary N) is 1. The summed E-state index contributed by atoms with van der Waals surface area (Å²) in [6.07, 6.45) is 1.61. The van der Waals surface area contributed by atoms with Crippen LogP contribution in [0.25, 0.3) is 6.08 Å². The summed E-state index contributed by atoms with van der Waals surface area (Å²) >= 11 is 6.73. The van der Waals surface area contributed by atoms with E-state index in [1.807, 2.05) is 32.0 Å². The average Bonchev–Trinajstić information content (AvgIpc) is 3.18. The van der Waals surface area contributed by atoms with Crippen LogP contribution in [0, 0.1) is 13.8 Å². The summed E-state index contributed by atoms with van der Waals surface area (Å²) < 4.78 is 16.7. The molecule has 4 rings (SSSR count). The van der Waals surface area contributed by atoms with Crippen LogP contribution in [0.1, 0.15) is 16.7 Å². The first-order valence-corrected chi connectivity index (χ1v) is 13.2. The van der Waals surface area contributed by atoms with Crippen molar-refractivity contribution in [2.75, 3.05) is 32.2 Å². The number of rotatable bonds is 10. The predicted octanol–water partition coefficient (Wildman–Crippen LogP) is 6.10. The van der Waals surface area contributed by atoms with Crippen LogP contribution >= 0.6 is 23.4 Å². The number of carbonyl (C=O) groups excluding carboxylic acids is 3. The highest BCUT2D eigenvalue weighted by Gasteiger charge is 2.34. The quantitative estimate of drug-likeness (QED) is 0.296. The molecule has 0 saturated carbocycles. The SMILES string of the molecule is COc1cc(/C=C2\SC(=O)N(CCOc3ccc(Cl)cc3)C2=O)ccc1OCC(=O)Nc1ccc(C)c(C)c1. The van der Waals surface area contributed by atoms with Crippen LogP contribution in [-0.2, 0) is 9.59 Å². The molecular weight excluding hydrogens is 540 g/mol. The Morgan fingerprint density at radius 2 is 1.74 bits per heavy atom. The molecule has 0 aromatic heterocycles. The van der Waals surface area contributed by atoms with Crippen LogP contribution in [0.2, 0.25) is 5.02 Å². The Kier molecular flexibility index (Phi) is 9.16. The third-order valence-electron chi connectivity index (χ3n) is 5.91. The van der Waals surface area contributed by atoms with Gasteiger partial charge in [-0.15, -0.1) is 0 Å². The van der Waals surface area contributed by atoms with Crippen LogP contribution in [0.5, 0.6) is 17.2 Å². The lowest BCUT2D eigenvalue weighted by Crippen LogP contribution is -2.32. The average molecular weight is 567 g/mol. The molecule has 0 unspecified atom stereocenters. The second kappa shape index (κ2) is 12.7. The van der Waals surface area contributed by atoms with E-state index in [9.17, 15) is 14.4 Å². The Morgan fingerprint density at radius 1 is 0.974 bits per heavy atom. The Bertz CT molecular complexity index is 1420. The zero-order valence-electron chi connectivity index (χ0n) is 21.7. The first-order valence-electron chi connectivity index (χ1n) is 12.0. The molecule has 1 heterocycles. The summed E-state index contributed by atoms with van der Waals surface area (Å²) in [5.74, 6) is 0.653. The fraction of sp³-hybridized carbons (Fsp3) is 0.207. The maximum absolute atomic E-state index is 12.8. The number of benzene rings is 3. The van der Waals surface area contributed by atoms with Crippen molar-refractivity contribution >= 4 is 52.2 Å². The summed E-state index contributed by atoms with van der Waals surface area (Å²) in [4.78, 5) is 39.1. The molecule has 1 fully saturated rings. The molecule has 10 heteroatoms. The smallest absolute Gasteiger partial charge is 0.293 e. The fourth-order valence-corrected chi connectivity index (χ4v) is 4.67. The number of aryl methyl sites for hydroxylation is 2. The molecule has 0 bridgehead atoms. The number of carbonyl (C=O) groups is 3. The number of hydrogen-bond donors (Lipinski definition) is 1. The minimum Gasteiger partial charge on any atom is -0.493 e. The van der Waals surface area contributed by atoms with Gasteiger partial charge in [-0.05, 0) is 96.9 Å². The number of methoxy groups -OCH3 is 1. The minimum absolute atomic E-state index is 0.116. The lowest BCUT2D eigenvalue weighted by molar-refractivity contribution is -0.123. The normalized spacial score (nSPS) is 14.1. The van der Waals surface area contributed by atoms with Crippen molar-refractivity contribution in [2.45, 2.75) is 13.8 Å². The van der Waals surface area contributed by atoms with Gasteiger partial charge in [0.05, 0.1) is 18.6 Å². The zero-order valence-corrected chi connectivity index (χ0v) is 23.2. The van der Waals surface area contributed by atoms with Crippen molar-refractivity contribution in [1.82, 2.24) is 4.90 Å². The van der Waals surface area contributed by atoms with Gasteiger partial charge in [-0.1, -0.05) is 23.7 Å². The minimum atomic E-state index is -0.396. The maximum Gasteiger partial charge on any atom is 0.293 e. The second-order valence-corrected chi connectivity index (χ2v) is 10.1. The van der Waals surface area contributed by atoms with Crippen molar-refractivity contribution < 1.29 is 28.6 Å². The third kappa shape index (κ3) is 7.34. The molecule has 0 atom stereocenters. The van der Waals surface area contributed by atoms with Gasteiger partial charge in [0.15, 0.2) is 18.1 Å². The number of ether oxygens (including phenoxy) is 3. The molecule has 1 aliphatic rings. The number of nitrogens with zero attached hydrogens (tertiary/aromatic N) is 1. The Morgan fingerprint density at radius 3 is 2.46 bits per heavy atom. The number of halogens is 1. The van der Waals surface area contributed by atoms with E-state index in [2.05, 4.69) is 5.32 Å². The van der Waals surface area contributed by atoms with Crippen LogP contribution in [0.3, 0.4) is 0 Å². The van der Waals surface area contributed by atoms with Crippen molar-refractivity contribution in [1.29, 1.82) is 0 Å². The van der Waals surface area contributed by atoms with E-state index in [1.165, 1.54) is 7.11 Å². The predicted molar refractivity (Wildman–Crippen MR) is 153 cm³/mol. The molecule has 3 aromatic carbocycles. The Hall–Kier alpha value is -3.95. The lowest BCUT2D eigenvalue weighted by Gasteiger charge is -2.13. The number of anilines is 1. The maximum atomic E-state index is 12.8. The summed E-state index contributed by atoms with van der Waals surface area (Å²) in [6.45, 7) is 4.05. The molecule has 0 radical (unpaired) electrons. The van der Waals surface area contributed by atoms with Gasteiger partial charge in [0.2, 0.25) is 0 Å². The van der Waals surface area contributed by atoms with E-state index >= 15 is 0 Å². The zero-order chi connectivity index (χ0) is 27.9. The second-order valence-electron chi connectivity index (χ2n) is 8.68. The molecule has 1 saturated heterocycles. The molecule has 3 aromatic rings. The molecule has 0 spiro atoms. The molecule has 8 nitrogen and oxygen atoms in total. The van der Waals surface area contributed by atoms with Crippen LogP contribution in [0.4, 0.5) is 10.5 Å². The van der Waals surface area contributed by atoms with Gasteiger partial charge in [-0.2, -0.15) is 0 Å². The van der Waals surface area contributed by atoms with E-state index in [0.717, 1.165) is 27.8 Å². The van der Waals surface area contributed by atoms with Gasteiger partial charge < -0.3 is 19.5 Å². The van der Waals surface area contributed by atoms with Crippen molar-refractivity contribution in [3.05, 3.63) is 87.3 Å². The highest BCUT2D eigenvalue weighted by Crippen LogP contribution is 2.34. The van der Waals surface area contributed by atoms with Gasteiger partial charge in [0.25, 0.3) is 17.1 Å². The van der Waals surface area contributed by atoms with Gasteiger partial charge in [0.1, 0.15) is 12.4 Å². The largest absolute Gasteiger partial charge is 0.493 e. The lowest BCUT2D eigenvalue weighted by atomic mass is 10.1. The molecular formula is C29H27ClN2O6S. The first-order chi connectivity index (χ1) is 18.7. The van der Waals surface area contributed by atoms with E-state index in [-0.39, 0.29) is 35.8 Å². The van der Waals surface area contributed by atoms with E-state index in [4.69, 9.17) is 25.8 Å². The number of thioether (sulfide) groups is 1. The summed E-state index contributed by atoms with van der Waals surface area (Å²) in [5.41, 5.74) is 3.55. The standard InChI is InChI=1S/C29H27ClN2O6S/c1-18-4-8-22(14-19(18)2)31-27(33)17-38-24-11-5-20(15-25(24)36-3)16-26-28(34)32(29(35)39-26)12-13-37-23-9-6-21(30)7-10-23/h4-11,14-16H,12-13,17H2,1-3H3,(H,31,33)/b26-16-. The first kappa shape index (κ1) is 28.1. The molecule has 1 aliphatic heterocycles. The number of amides is 3. The third-order valence-corrected chi connectivity index (χ3v) is 7.07. The highest BCUT2D eigenvalue weighted by atomic mass is 35.5. The van der Waals surface area contributed by atoms with Crippen molar-refractivity contribution in [2.24, 2.45) is 0 Å². The number of imide groups is 1. The summed E-state index contributed by atoms with van der Waals surface area (Å²) in [7, 11) is 1.48. The van der Waals surface area contributed by atoms with E-state index in [1.54, 1.807) is 48.5 Å². The molecule has 0 aliphatic carbocycles.